The molecule has 0 saturated carbocycles. The molecular weight excluding hydrogens is 438 g/mol. The van der Waals surface area contributed by atoms with Crippen molar-refractivity contribution in [1.82, 2.24) is 24.5 Å². The minimum atomic E-state index is -0.0818. The molecule has 6 rings (SSSR count). The Morgan fingerprint density at radius 3 is 2.94 bits per heavy atom. The van der Waals surface area contributed by atoms with Crippen LogP contribution in [0.2, 0.25) is 0 Å². The number of piperidine rings is 1. The molecule has 2 saturated heterocycles. The molecule has 3 atom stereocenters. The molecular formula is C27H29N7O. The SMILES string of the molecule is Cc1cn2nc([C@@H]3CCCCN3C(=O)c3cccc4cc[nH]c34)cc2nc1N1C[C@@H](C#N)[C@@H](C)C1. The number of nitrogens with zero attached hydrogens (tertiary/aromatic N) is 6. The van der Waals surface area contributed by atoms with Gasteiger partial charge < -0.3 is 14.8 Å². The van der Waals surface area contributed by atoms with Gasteiger partial charge in [0.25, 0.3) is 5.91 Å². The summed E-state index contributed by atoms with van der Waals surface area (Å²) in [5.41, 5.74) is 4.28. The average molecular weight is 468 g/mol. The predicted octanol–water partition coefficient (Wildman–Crippen LogP) is 4.48. The number of H-pyrrole nitrogens is 1. The monoisotopic (exact) mass is 467 g/mol. The lowest BCUT2D eigenvalue weighted by atomic mass is 9.98. The molecule has 2 aliphatic heterocycles. The van der Waals surface area contributed by atoms with Crippen LogP contribution in [0.5, 0.6) is 0 Å². The van der Waals surface area contributed by atoms with E-state index in [1.165, 1.54) is 0 Å². The summed E-state index contributed by atoms with van der Waals surface area (Å²) in [6.45, 7) is 6.42. The molecule has 4 aromatic rings. The van der Waals surface area contributed by atoms with E-state index in [-0.39, 0.29) is 17.9 Å². The number of benzene rings is 1. The number of likely N-dealkylation sites (tertiary alicyclic amines) is 1. The number of amides is 1. The molecule has 8 nitrogen and oxygen atoms in total. The molecule has 1 N–H and O–H groups in total. The second-order valence-electron chi connectivity index (χ2n) is 9.99. The highest BCUT2D eigenvalue weighted by Gasteiger charge is 2.33. The number of nitrogens with one attached hydrogen (secondary N) is 1. The van der Waals surface area contributed by atoms with Crippen LogP contribution in [0.25, 0.3) is 16.6 Å². The minimum Gasteiger partial charge on any atom is -0.361 e. The average Bonchev–Trinajstić information content (AvgIpc) is 3.60. The number of aromatic amines is 1. The summed E-state index contributed by atoms with van der Waals surface area (Å²) >= 11 is 0. The van der Waals surface area contributed by atoms with Crippen molar-refractivity contribution in [2.24, 2.45) is 11.8 Å². The fraction of sp³-hybridized carbons (Fsp3) is 0.407. The third kappa shape index (κ3) is 3.63. The van der Waals surface area contributed by atoms with Crippen LogP contribution >= 0.6 is 0 Å². The Bertz CT molecular complexity index is 1460. The maximum absolute atomic E-state index is 13.7. The van der Waals surface area contributed by atoms with Crippen molar-refractivity contribution in [2.75, 3.05) is 24.5 Å². The molecule has 0 bridgehead atoms. The van der Waals surface area contributed by atoms with Gasteiger partial charge in [-0.1, -0.05) is 19.1 Å². The highest BCUT2D eigenvalue weighted by molar-refractivity contribution is 6.05. The number of rotatable bonds is 3. The van der Waals surface area contributed by atoms with E-state index in [1.54, 1.807) is 0 Å². The highest BCUT2D eigenvalue weighted by atomic mass is 16.2. The van der Waals surface area contributed by atoms with E-state index >= 15 is 0 Å². The van der Waals surface area contributed by atoms with Crippen molar-refractivity contribution >= 4 is 28.3 Å². The smallest absolute Gasteiger partial charge is 0.256 e. The van der Waals surface area contributed by atoms with Crippen molar-refractivity contribution in [2.45, 2.75) is 39.2 Å². The van der Waals surface area contributed by atoms with Crippen LogP contribution in [0.1, 0.15) is 53.8 Å². The third-order valence-electron chi connectivity index (χ3n) is 7.62. The molecule has 0 aliphatic carbocycles. The van der Waals surface area contributed by atoms with Crippen LogP contribution in [0, 0.1) is 30.1 Å². The van der Waals surface area contributed by atoms with E-state index in [9.17, 15) is 10.1 Å². The van der Waals surface area contributed by atoms with Gasteiger partial charge in [-0.2, -0.15) is 10.4 Å². The number of hydrogen-bond donors (Lipinski definition) is 1. The molecule has 0 spiro atoms. The van der Waals surface area contributed by atoms with Crippen LogP contribution in [-0.4, -0.2) is 50.0 Å². The normalized spacial score (nSPS) is 22.7. The van der Waals surface area contributed by atoms with Crippen LogP contribution in [0.3, 0.4) is 0 Å². The van der Waals surface area contributed by atoms with Crippen molar-refractivity contribution in [3.63, 3.8) is 0 Å². The molecule has 3 aromatic heterocycles. The number of hydrogen-bond acceptors (Lipinski definition) is 5. The van der Waals surface area contributed by atoms with Crippen molar-refractivity contribution in [1.29, 1.82) is 5.26 Å². The quantitative estimate of drug-likeness (QED) is 0.479. The lowest BCUT2D eigenvalue weighted by molar-refractivity contribution is 0.0607. The molecule has 2 aliphatic rings. The summed E-state index contributed by atoms with van der Waals surface area (Å²) in [6, 6.07) is 12.2. The van der Waals surface area contributed by atoms with Crippen LogP contribution in [0.15, 0.2) is 42.7 Å². The van der Waals surface area contributed by atoms with E-state index < -0.39 is 0 Å². The summed E-state index contributed by atoms with van der Waals surface area (Å²) in [5.74, 6) is 1.31. The Labute approximate surface area is 204 Å². The van der Waals surface area contributed by atoms with Gasteiger partial charge in [0.2, 0.25) is 0 Å². The number of fused-ring (bicyclic) bond motifs is 2. The second-order valence-corrected chi connectivity index (χ2v) is 9.99. The van der Waals surface area contributed by atoms with Crippen LogP contribution in [-0.2, 0) is 0 Å². The largest absolute Gasteiger partial charge is 0.361 e. The van der Waals surface area contributed by atoms with E-state index in [0.29, 0.717) is 24.6 Å². The van der Waals surface area contributed by atoms with Gasteiger partial charge in [0.15, 0.2) is 5.65 Å². The number of para-hydroxylation sites is 1. The molecule has 0 radical (unpaired) electrons. The Morgan fingerprint density at radius 1 is 1.23 bits per heavy atom. The Morgan fingerprint density at radius 2 is 2.11 bits per heavy atom. The van der Waals surface area contributed by atoms with Crippen molar-refractivity contribution in [3.8, 4) is 6.07 Å². The zero-order valence-corrected chi connectivity index (χ0v) is 20.1. The molecule has 2 fully saturated rings. The zero-order valence-electron chi connectivity index (χ0n) is 20.1. The Hall–Kier alpha value is -3.86. The van der Waals surface area contributed by atoms with Crippen LogP contribution in [0.4, 0.5) is 5.82 Å². The molecule has 8 heteroatoms. The number of carbonyl (C=O) groups is 1. The third-order valence-corrected chi connectivity index (χ3v) is 7.62. The van der Waals surface area contributed by atoms with Gasteiger partial charge in [-0.25, -0.2) is 9.50 Å². The van der Waals surface area contributed by atoms with Gasteiger partial charge in [0.1, 0.15) is 5.82 Å². The minimum absolute atomic E-state index is 0.0267. The van der Waals surface area contributed by atoms with Crippen LogP contribution < -0.4 is 4.90 Å². The zero-order chi connectivity index (χ0) is 24.1. The predicted molar refractivity (Wildman–Crippen MR) is 134 cm³/mol. The van der Waals surface area contributed by atoms with Crippen molar-refractivity contribution < 1.29 is 4.79 Å². The van der Waals surface area contributed by atoms with E-state index in [1.807, 2.05) is 59.1 Å². The Kier molecular flexibility index (Phi) is 5.21. The highest BCUT2D eigenvalue weighted by Crippen LogP contribution is 2.34. The van der Waals surface area contributed by atoms with Gasteiger partial charge in [-0.3, -0.25) is 4.79 Å². The molecule has 35 heavy (non-hydrogen) atoms. The summed E-state index contributed by atoms with van der Waals surface area (Å²) < 4.78 is 1.83. The van der Waals surface area contributed by atoms with Crippen molar-refractivity contribution in [3.05, 3.63) is 59.5 Å². The topological polar surface area (TPSA) is 93.3 Å². The number of anilines is 1. The summed E-state index contributed by atoms with van der Waals surface area (Å²) in [7, 11) is 0. The van der Waals surface area contributed by atoms with Gasteiger partial charge in [-0.05, 0) is 44.2 Å². The number of nitriles is 1. The van der Waals surface area contributed by atoms with Gasteiger partial charge in [0.05, 0.1) is 34.8 Å². The lowest BCUT2D eigenvalue weighted by Gasteiger charge is -2.35. The first kappa shape index (κ1) is 21.7. The van der Waals surface area contributed by atoms with Gasteiger partial charge >= 0.3 is 0 Å². The first-order valence-corrected chi connectivity index (χ1v) is 12.4. The molecule has 0 unspecified atom stereocenters. The van der Waals surface area contributed by atoms with Gasteiger partial charge in [0, 0.05) is 49.0 Å². The molecule has 178 valence electrons. The Balaban J connectivity index is 1.34. The molecule has 1 aromatic carbocycles. The summed E-state index contributed by atoms with van der Waals surface area (Å²) in [4.78, 5) is 26.1. The summed E-state index contributed by atoms with van der Waals surface area (Å²) in [5, 5.41) is 15.4. The fourth-order valence-corrected chi connectivity index (χ4v) is 5.71. The molecule has 5 heterocycles. The van der Waals surface area contributed by atoms with E-state index in [2.05, 4.69) is 22.9 Å². The van der Waals surface area contributed by atoms with E-state index in [0.717, 1.165) is 59.4 Å². The number of aromatic nitrogens is 4. The molecule has 1 amide bonds. The summed E-state index contributed by atoms with van der Waals surface area (Å²) in [6.07, 6.45) is 6.83. The van der Waals surface area contributed by atoms with Gasteiger partial charge in [-0.15, -0.1) is 0 Å². The first-order chi connectivity index (χ1) is 17.0. The number of aryl methyl sites for hydroxylation is 1. The maximum Gasteiger partial charge on any atom is 0.256 e. The number of carbonyl (C=O) groups excluding carboxylic acids is 1. The standard InChI is InChI=1S/C27H29N7O/c1-17-14-32(16-20(17)13-28)26-18(2)15-34-24(30-26)12-22(31-34)23-8-3-4-11-33(23)27(35)21-7-5-6-19-9-10-29-25(19)21/h5-7,9-10,12,15,17,20,23,29H,3-4,8,11,14,16H2,1-2H3/t17-,20+,23-/m0/s1. The fourth-order valence-electron chi connectivity index (χ4n) is 5.71. The first-order valence-electron chi connectivity index (χ1n) is 12.4. The second kappa shape index (κ2) is 8.42. The maximum atomic E-state index is 13.7. The van der Waals surface area contributed by atoms with E-state index in [4.69, 9.17) is 10.1 Å². The lowest BCUT2D eigenvalue weighted by Crippen LogP contribution is -2.38.